The molecule has 1 heterocycles. The van der Waals surface area contributed by atoms with Crippen LogP contribution in [0.25, 0.3) is 0 Å². The normalized spacial score (nSPS) is 23.1. The molecule has 0 saturated carbocycles. The number of nitrogens with one attached hydrogen (secondary N) is 1. The highest BCUT2D eigenvalue weighted by Crippen LogP contribution is 2.10. The smallest absolute Gasteiger partial charge is 0.250 e. The highest BCUT2D eigenvalue weighted by atomic mass is 79.9. The van der Waals surface area contributed by atoms with Gasteiger partial charge in [-0.05, 0) is 0 Å². The summed E-state index contributed by atoms with van der Waals surface area (Å²) in [6, 6.07) is 0. The predicted molar refractivity (Wildman–Crippen MR) is 58.3 cm³/mol. The Hall–Kier alpha value is -0.390. The Labute approximate surface area is 92.4 Å². The maximum absolute atomic E-state index is 11.3. The number of carbonyl (C=O) groups is 1. The molecule has 0 aromatic carbocycles. The zero-order valence-electron chi connectivity index (χ0n) is 8.25. The molecule has 0 bridgehead atoms. The monoisotopic (exact) mass is 262 g/mol. The largest absolute Gasteiger partial charge is 0.366 e. The van der Waals surface area contributed by atoms with Crippen LogP contribution in [0.4, 0.5) is 0 Å². The first-order valence-electron chi connectivity index (χ1n) is 4.52. The molecule has 1 atom stereocenters. The number of amides is 1. The number of morpholine rings is 1. The summed E-state index contributed by atoms with van der Waals surface area (Å²) in [7, 11) is 1.62. The molecule has 0 radical (unpaired) electrons. The predicted octanol–water partition coefficient (Wildman–Crippen LogP) is 0.342. The van der Waals surface area contributed by atoms with Gasteiger partial charge < -0.3 is 10.1 Å². The zero-order chi connectivity index (χ0) is 10.6. The summed E-state index contributed by atoms with van der Waals surface area (Å²) in [5, 5.41) is 2.58. The summed E-state index contributed by atoms with van der Waals surface area (Å²) in [4.78, 5) is 13.4. The lowest BCUT2D eigenvalue weighted by atomic mass is 10.2. The van der Waals surface area contributed by atoms with E-state index >= 15 is 0 Å². The quantitative estimate of drug-likeness (QED) is 0.798. The Balaban J connectivity index is 2.43. The molecule has 0 aliphatic carbocycles. The zero-order valence-corrected chi connectivity index (χ0v) is 9.84. The number of hydrogen-bond acceptors (Lipinski definition) is 3. The molecule has 1 aliphatic heterocycles. The van der Waals surface area contributed by atoms with E-state index in [0.717, 1.165) is 17.6 Å². The Morgan fingerprint density at radius 2 is 2.50 bits per heavy atom. The second-order valence-corrected chi connectivity index (χ2v) is 4.35. The van der Waals surface area contributed by atoms with E-state index in [2.05, 4.69) is 32.7 Å². The van der Waals surface area contributed by atoms with Gasteiger partial charge in [0.15, 0.2) is 0 Å². The lowest BCUT2D eigenvalue weighted by Gasteiger charge is -2.31. The highest BCUT2D eigenvalue weighted by molar-refractivity contribution is 9.11. The van der Waals surface area contributed by atoms with Crippen LogP contribution < -0.4 is 5.32 Å². The molecule has 0 aromatic heterocycles. The molecule has 1 N–H and O–H groups in total. The number of likely N-dealkylation sites (N-methyl/N-ethyl adjacent to an activating group) is 1. The van der Waals surface area contributed by atoms with Gasteiger partial charge in [-0.25, -0.2) is 0 Å². The minimum Gasteiger partial charge on any atom is -0.366 e. The number of carbonyl (C=O) groups excluding carboxylic acids is 1. The first-order chi connectivity index (χ1) is 6.63. The molecule has 4 nitrogen and oxygen atoms in total. The van der Waals surface area contributed by atoms with Crippen LogP contribution in [0.2, 0.25) is 0 Å². The molecule has 5 heteroatoms. The van der Waals surface area contributed by atoms with Crippen molar-refractivity contribution < 1.29 is 9.53 Å². The van der Waals surface area contributed by atoms with Crippen LogP contribution in [0.3, 0.4) is 0 Å². The maximum atomic E-state index is 11.3. The van der Waals surface area contributed by atoms with Crippen LogP contribution >= 0.6 is 15.9 Å². The highest BCUT2D eigenvalue weighted by Gasteiger charge is 2.25. The average Bonchev–Trinajstić information content (AvgIpc) is 2.16. The summed E-state index contributed by atoms with van der Waals surface area (Å²) < 4.78 is 6.27. The van der Waals surface area contributed by atoms with E-state index in [1.807, 2.05) is 0 Å². The molecule has 0 spiro atoms. The van der Waals surface area contributed by atoms with E-state index in [4.69, 9.17) is 4.74 Å². The molecule has 1 amide bonds. The lowest BCUT2D eigenvalue weighted by molar-refractivity contribution is -0.137. The van der Waals surface area contributed by atoms with Crippen molar-refractivity contribution in [3.05, 3.63) is 11.1 Å². The van der Waals surface area contributed by atoms with Gasteiger partial charge in [-0.15, -0.1) is 0 Å². The molecular formula is C9H15BrN2O2. The Bertz CT molecular complexity index is 233. The summed E-state index contributed by atoms with van der Waals surface area (Å²) in [6.07, 6.45) is -0.347. The number of nitrogens with zero attached hydrogens (tertiary/aromatic N) is 1. The van der Waals surface area contributed by atoms with E-state index in [1.54, 1.807) is 7.05 Å². The topological polar surface area (TPSA) is 41.6 Å². The molecule has 0 unspecified atom stereocenters. The lowest BCUT2D eigenvalue weighted by Crippen LogP contribution is -2.49. The maximum Gasteiger partial charge on any atom is 0.250 e. The van der Waals surface area contributed by atoms with Crippen LogP contribution in [0, 0.1) is 0 Å². The number of rotatable bonds is 3. The van der Waals surface area contributed by atoms with Crippen molar-refractivity contribution in [2.45, 2.75) is 6.10 Å². The Morgan fingerprint density at radius 3 is 3.07 bits per heavy atom. The molecule has 80 valence electrons. The number of ether oxygens (including phenoxy) is 1. The van der Waals surface area contributed by atoms with Crippen molar-refractivity contribution in [3.63, 3.8) is 0 Å². The van der Waals surface area contributed by atoms with E-state index in [0.29, 0.717) is 13.2 Å². The van der Waals surface area contributed by atoms with Gasteiger partial charge in [-0.2, -0.15) is 0 Å². The van der Waals surface area contributed by atoms with Gasteiger partial charge in [-0.1, -0.05) is 22.5 Å². The Morgan fingerprint density at radius 1 is 1.79 bits per heavy atom. The first-order valence-corrected chi connectivity index (χ1v) is 5.31. The fraction of sp³-hybridized carbons (Fsp3) is 0.667. The van der Waals surface area contributed by atoms with Gasteiger partial charge in [0.05, 0.1) is 6.61 Å². The third kappa shape index (κ3) is 3.40. The van der Waals surface area contributed by atoms with E-state index < -0.39 is 0 Å². The van der Waals surface area contributed by atoms with Crippen LogP contribution in [0.5, 0.6) is 0 Å². The van der Waals surface area contributed by atoms with Crippen molar-refractivity contribution in [2.24, 2.45) is 0 Å². The van der Waals surface area contributed by atoms with Crippen LogP contribution in [-0.2, 0) is 9.53 Å². The molecule has 1 rings (SSSR count). The standard InChI is InChI=1S/C9H15BrN2O2/c1-7(10)5-12-3-4-14-8(6-12)9(13)11-2/h8H,1,3-6H2,2H3,(H,11,13)/t8-/m1/s1. The average molecular weight is 263 g/mol. The summed E-state index contributed by atoms with van der Waals surface area (Å²) in [5.41, 5.74) is 0. The van der Waals surface area contributed by atoms with E-state index in [1.165, 1.54) is 0 Å². The van der Waals surface area contributed by atoms with E-state index in [-0.39, 0.29) is 12.0 Å². The third-order valence-electron chi connectivity index (χ3n) is 2.08. The minimum atomic E-state index is -0.347. The summed E-state index contributed by atoms with van der Waals surface area (Å²) in [6.45, 7) is 6.60. The molecule has 1 aliphatic rings. The fourth-order valence-electron chi connectivity index (χ4n) is 1.41. The van der Waals surface area contributed by atoms with Crippen molar-refractivity contribution >= 4 is 21.8 Å². The fourth-order valence-corrected chi connectivity index (χ4v) is 1.76. The molecule has 1 saturated heterocycles. The van der Waals surface area contributed by atoms with Crippen LogP contribution in [0.1, 0.15) is 0 Å². The first kappa shape index (κ1) is 11.7. The molecule has 14 heavy (non-hydrogen) atoms. The van der Waals surface area contributed by atoms with Crippen molar-refractivity contribution in [2.75, 3.05) is 33.3 Å². The minimum absolute atomic E-state index is 0.0603. The van der Waals surface area contributed by atoms with Crippen molar-refractivity contribution in [1.29, 1.82) is 0 Å². The van der Waals surface area contributed by atoms with Crippen molar-refractivity contribution in [1.82, 2.24) is 10.2 Å². The SMILES string of the molecule is C=C(Br)CN1CCO[C@@H](C(=O)NC)C1. The van der Waals surface area contributed by atoms with Gasteiger partial charge >= 0.3 is 0 Å². The number of halogens is 1. The molecule has 1 fully saturated rings. The summed E-state index contributed by atoms with van der Waals surface area (Å²) >= 11 is 3.31. The number of hydrogen-bond donors (Lipinski definition) is 1. The van der Waals surface area contributed by atoms with Crippen LogP contribution in [-0.4, -0.2) is 50.2 Å². The molecular weight excluding hydrogens is 248 g/mol. The van der Waals surface area contributed by atoms with Gasteiger partial charge in [0, 0.05) is 31.2 Å². The third-order valence-corrected chi connectivity index (χ3v) is 2.34. The van der Waals surface area contributed by atoms with Gasteiger partial charge in [0.1, 0.15) is 6.10 Å². The second-order valence-electron chi connectivity index (χ2n) is 3.23. The van der Waals surface area contributed by atoms with Gasteiger partial charge in [0.2, 0.25) is 5.91 Å². The van der Waals surface area contributed by atoms with Crippen molar-refractivity contribution in [3.8, 4) is 0 Å². The summed E-state index contributed by atoms with van der Waals surface area (Å²) in [5.74, 6) is -0.0603. The Kier molecular flexibility index (Phi) is 4.57. The molecule has 0 aromatic rings. The van der Waals surface area contributed by atoms with E-state index in [9.17, 15) is 4.79 Å². The van der Waals surface area contributed by atoms with Crippen LogP contribution in [0.15, 0.2) is 11.1 Å². The van der Waals surface area contributed by atoms with Gasteiger partial charge in [0.25, 0.3) is 0 Å². The van der Waals surface area contributed by atoms with Gasteiger partial charge in [-0.3, -0.25) is 9.69 Å². The second kappa shape index (κ2) is 5.48.